The Morgan fingerprint density at radius 2 is 1.95 bits per heavy atom. The Balaban J connectivity index is 1.97. The molecule has 1 saturated heterocycles. The van der Waals surface area contributed by atoms with Crippen molar-refractivity contribution in [3.8, 4) is 10.4 Å². The lowest BCUT2D eigenvalue weighted by molar-refractivity contribution is 0.313. The van der Waals surface area contributed by atoms with E-state index in [0.29, 0.717) is 0 Å². The van der Waals surface area contributed by atoms with E-state index in [-0.39, 0.29) is 0 Å². The first-order chi connectivity index (χ1) is 9.24. The van der Waals surface area contributed by atoms with Gasteiger partial charge in [0.2, 0.25) is 0 Å². The van der Waals surface area contributed by atoms with Gasteiger partial charge in [-0.25, -0.2) is 0 Å². The molecule has 2 nitrogen and oxygen atoms in total. The summed E-state index contributed by atoms with van der Waals surface area (Å²) in [5.41, 5.74) is 2.51. The van der Waals surface area contributed by atoms with Crippen LogP contribution in [0.2, 0.25) is 5.02 Å². The lowest BCUT2D eigenvalue weighted by Gasteiger charge is -2.35. The Labute approximate surface area is 123 Å². The Hall–Kier alpha value is -1.03. The molecule has 0 saturated carbocycles. The molecule has 0 bridgehead atoms. The smallest absolute Gasteiger partial charge is 0.0469 e. The molecule has 1 aromatic carbocycles. The maximum absolute atomic E-state index is 6.18. The molecular formula is C15H16ClN2S. The fourth-order valence-electron chi connectivity index (χ4n) is 2.41. The average molecular weight is 292 g/mol. The fourth-order valence-corrected chi connectivity index (χ4v) is 3.26. The van der Waals surface area contributed by atoms with Crippen molar-refractivity contribution in [2.45, 2.75) is 0 Å². The third-order valence-electron chi connectivity index (χ3n) is 3.54. The minimum atomic E-state index is 0.804. The predicted molar refractivity (Wildman–Crippen MR) is 83.3 cm³/mol. The van der Waals surface area contributed by atoms with Crippen molar-refractivity contribution in [2.75, 3.05) is 38.1 Å². The van der Waals surface area contributed by atoms with Gasteiger partial charge in [-0.3, -0.25) is 0 Å². The van der Waals surface area contributed by atoms with Crippen molar-refractivity contribution in [3.63, 3.8) is 0 Å². The summed E-state index contributed by atoms with van der Waals surface area (Å²) in [5, 5.41) is 3.97. The Bertz CT molecular complexity index is 545. The summed E-state index contributed by atoms with van der Waals surface area (Å²) in [4.78, 5) is 6.05. The minimum absolute atomic E-state index is 0.804. The summed E-state index contributed by atoms with van der Waals surface area (Å²) in [6.45, 7) is 4.31. The largest absolute Gasteiger partial charge is 0.368 e. The van der Waals surface area contributed by atoms with E-state index in [0.717, 1.165) is 31.2 Å². The molecule has 0 spiro atoms. The van der Waals surface area contributed by atoms with Crippen LogP contribution in [0.3, 0.4) is 0 Å². The van der Waals surface area contributed by atoms with Crippen LogP contribution >= 0.6 is 22.9 Å². The minimum Gasteiger partial charge on any atom is -0.368 e. The molecule has 1 aliphatic rings. The second-order valence-corrected chi connectivity index (χ2v) is 6.19. The highest BCUT2D eigenvalue weighted by molar-refractivity contribution is 7.13. The normalized spacial score (nSPS) is 16.8. The van der Waals surface area contributed by atoms with Crippen LogP contribution in [0.15, 0.2) is 30.3 Å². The topological polar surface area (TPSA) is 6.48 Å². The maximum Gasteiger partial charge on any atom is 0.0469 e. The van der Waals surface area contributed by atoms with E-state index in [4.69, 9.17) is 11.6 Å². The van der Waals surface area contributed by atoms with Crippen LogP contribution in [0.25, 0.3) is 10.4 Å². The van der Waals surface area contributed by atoms with Crippen LogP contribution < -0.4 is 4.90 Å². The van der Waals surface area contributed by atoms with Gasteiger partial charge in [0, 0.05) is 52.7 Å². The number of halogens is 1. The quantitative estimate of drug-likeness (QED) is 0.834. The van der Waals surface area contributed by atoms with E-state index < -0.39 is 0 Å². The molecule has 1 aliphatic heterocycles. The SMILES string of the molecule is CN1CCN(c2cc(Cl)ccc2-c2cc[c]s2)CC1. The zero-order chi connectivity index (χ0) is 13.2. The third kappa shape index (κ3) is 2.78. The van der Waals surface area contributed by atoms with Crippen LogP contribution in [0, 0.1) is 5.38 Å². The number of likely N-dealkylation sites (N-methyl/N-ethyl adjacent to an activating group) is 1. The van der Waals surface area contributed by atoms with Gasteiger partial charge in [0.1, 0.15) is 0 Å². The lowest BCUT2D eigenvalue weighted by atomic mass is 10.1. The van der Waals surface area contributed by atoms with Crippen LogP contribution in [0.5, 0.6) is 0 Å². The molecular weight excluding hydrogens is 276 g/mol. The number of nitrogens with zero attached hydrogens (tertiary/aromatic N) is 2. The summed E-state index contributed by atoms with van der Waals surface area (Å²) in [5.74, 6) is 0. The highest BCUT2D eigenvalue weighted by Crippen LogP contribution is 2.36. The van der Waals surface area contributed by atoms with Gasteiger partial charge >= 0.3 is 0 Å². The molecule has 1 fully saturated rings. The van der Waals surface area contributed by atoms with Crippen molar-refractivity contribution < 1.29 is 0 Å². The summed E-state index contributed by atoms with van der Waals surface area (Å²) in [6, 6.07) is 10.3. The summed E-state index contributed by atoms with van der Waals surface area (Å²) in [7, 11) is 2.17. The standard InChI is InChI=1S/C15H16ClN2S/c1-17-6-8-18(9-7-17)14-11-12(16)4-5-13(14)15-3-2-10-19-15/h2-5,11H,6-9H2,1H3. The van der Waals surface area contributed by atoms with E-state index in [2.05, 4.69) is 40.4 Å². The fraction of sp³-hybridized carbons (Fsp3) is 0.333. The van der Waals surface area contributed by atoms with Gasteiger partial charge in [-0.2, -0.15) is 0 Å². The van der Waals surface area contributed by atoms with Gasteiger partial charge in [-0.1, -0.05) is 11.6 Å². The molecule has 3 rings (SSSR count). The Kier molecular flexibility index (Phi) is 3.78. The van der Waals surface area contributed by atoms with Crippen molar-refractivity contribution in [3.05, 3.63) is 40.7 Å². The molecule has 0 atom stereocenters. The molecule has 0 amide bonds. The molecule has 0 aliphatic carbocycles. The van der Waals surface area contributed by atoms with Crippen LogP contribution in [-0.2, 0) is 0 Å². The second-order valence-electron chi connectivity index (χ2n) is 4.87. The Morgan fingerprint density at radius 3 is 2.63 bits per heavy atom. The first kappa shape index (κ1) is 13.0. The van der Waals surface area contributed by atoms with Crippen molar-refractivity contribution in [2.24, 2.45) is 0 Å². The van der Waals surface area contributed by atoms with Crippen molar-refractivity contribution in [1.82, 2.24) is 4.90 Å². The maximum atomic E-state index is 6.18. The predicted octanol–water partition coefficient (Wildman–Crippen LogP) is 3.62. The zero-order valence-corrected chi connectivity index (χ0v) is 12.5. The number of hydrogen-bond donors (Lipinski definition) is 0. The van der Waals surface area contributed by atoms with Gasteiger partial charge < -0.3 is 9.80 Å². The average Bonchev–Trinajstić information content (AvgIpc) is 2.93. The van der Waals surface area contributed by atoms with Gasteiger partial charge in [-0.15, -0.1) is 11.3 Å². The van der Waals surface area contributed by atoms with E-state index >= 15 is 0 Å². The van der Waals surface area contributed by atoms with E-state index in [1.54, 1.807) is 11.3 Å². The highest BCUT2D eigenvalue weighted by Gasteiger charge is 2.18. The summed E-state index contributed by atoms with van der Waals surface area (Å²) in [6.07, 6.45) is 0. The number of hydrogen-bond acceptors (Lipinski definition) is 3. The van der Waals surface area contributed by atoms with Gasteiger partial charge in [0.05, 0.1) is 0 Å². The number of rotatable bonds is 2. The molecule has 2 heterocycles. The monoisotopic (exact) mass is 291 g/mol. The first-order valence-electron chi connectivity index (χ1n) is 6.43. The molecule has 2 aromatic rings. The molecule has 99 valence electrons. The number of anilines is 1. The van der Waals surface area contributed by atoms with Gasteiger partial charge in [0.25, 0.3) is 0 Å². The van der Waals surface area contributed by atoms with Crippen LogP contribution in [-0.4, -0.2) is 38.1 Å². The lowest BCUT2D eigenvalue weighted by Crippen LogP contribution is -2.44. The molecule has 1 radical (unpaired) electrons. The van der Waals surface area contributed by atoms with Gasteiger partial charge in [-0.05, 0) is 37.4 Å². The molecule has 4 heteroatoms. The van der Waals surface area contributed by atoms with Crippen LogP contribution in [0.1, 0.15) is 0 Å². The highest BCUT2D eigenvalue weighted by atomic mass is 35.5. The second kappa shape index (κ2) is 5.53. The van der Waals surface area contributed by atoms with E-state index in [9.17, 15) is 0 Å². The number of thiophene rings is 1. The summed E-state index contributed by atoms with van der Waals surface area (Å²) >= 11 is 7.84. The van der Waals surface area contributed by atoms with Gasteiger partial charge in [0.15, 0.2) is 0 Å². The molecule has 1 aromatic heterocycles. The zero-order valence-electron chi connectivity index (χ0n) is 10.9. The molecule has 0 unspecified atom stereocenters. The van der Waals surface area contributed by atoms with E-state index in [1.807, 2.05) is 12.1 Å². The van der Waals surface area contributed by atoms with Crippen molar-refractivity contribution in [1.29, 1.82) is 0 Å². The first-order valence-corrected chi connectivity index (χ1v) is 7.63. The number of benzene rings is 1. The van der Waals surface area contributed by atoms with Crippen molar-refractivity contribution >= 4 is 28.6 Å². The molecule has 19 heavy (non-hydrogen) atoms. The molecule has 0 N–H and O–H groups in total. The third-order valence-corrected chi connectivity index (χ3v) is 4.61. The van der Waals surface area contributed by atoms with Crippen LogP contribution in [0.4, 0.5) is 5.69 Å². The Morgan fingerprint density at radius 1 is 1.16 bits per heavy atom. The summed E-state index contributed by atoms with van der Waals surface area (Å²) < 4.78 is 0. The van der Waals surface area contributed by atoms with E-state index in [1.165, 1.54) is 16.1 Å². The number of piperazine rings is 1.